The van der Waals surface area contributed by atoms with Crippen molar-refractivity contribution < 1.29 is 14.0 Å². The number of piperidine rings is 1. The molecular weight excluding hydrogens is 318 g/mol. The molecule has 3 N–H and O–H groups in total. The van der Waals surface area contributed by atoms with Gasteiger partial charge in [-0.15, -0.1) is 0 Å². The van der Waals surface area contributed by atoms with Gasteiger partial charge >= 0.3 is 0 Å². The van der Waals surface area contributed by atoms with Gasteiger partial charge in [-0.3, -0.25) is 9.59 Å². The summed E-state index contributed by atoms with van der Waals surface area (Å²) < 4.78 is 5.05. The van der Waals surface area contributed by atoms with Crippen molar-refractivity contribution in [3.63, 3.8) is 0 Å². The SMILES string of the molecule is CC1(C)CCCNC1C(=O)Nc1ccc(NC(=O)c2ccco2)cc1. The molecule has 132 valence electrons. The number of carbonyl (C=O) groups excluding carboxylic acids is 2. The Labute approximate surface area is 147 Å². The Morgan fingerprint density at radius 3 is 2.40 bits per heavy atom. The maximum Gasteiger partial charge on any atom is 0.291 e. The molecule has 6 heteroatoms. The summed E-state index contributed by atoms with van der Waals surface area (Å²) in [7, 11) is 0. The van der Waals surface area contributed by atoms with Crippen LogP contribution in [0.1, 0.15) is 37.2 Å². The highest BCUT2D eigenvalue weighted by atomic mass is 16.3. The summed E-state index contributed by atoms with van der Waals surface area (Å²) in [5.41, 5.74) is 1.26. The van der Waals surface area contributed by atoms with E-state index in [9.17, 15) is 9.59 Å². The minimum Gasteiger partial charge on any atom is -0.459 e. The monoisotopic (exact) mass is 341 g/mol. The van der Waals surface area contributed by atoms with Crippen LogP contribution < -0.4 is 16.0 Å². The molecule has 2 amide bonds. The molecule has 1 unspecified atom stereocenters. The van der Waals surface area contributed by atoms with E-state index in [0.717, 1.165) is 19.4 Å². The molecule has 0 aliphatic carbocycles. The van der Waals surface area contributed by atoms with E-state index in [0.29, 0.717) is 11.4 Å². The van der Waals surface area contributed by atoms with Crippen LogP contribution in [0.15, 0.2) is 47.1 Å². The fraction of sp³-hybridized carbons (Fsp3) is 0.368. The van der Waals surface area contributed by atoms with Gasteiger partial charge in [-0.1, -0.05) is 13.8 Å². The van der Waals surface area contributed by atoms with Crippen LogP contribution in [0.3, 0.4) is 0 Å². The lowest BCUT2D eigenvalue weighted by Crippen LogP contribution is -2.53. The Bertz CT molecular complexity index is 736. The second-order valence-corrected chi connectivity index (χ2v) is 6.98. The number of carbonyl (C=O) groups is 2. The Kier molecular flexibility index (Phi) is 4.90. The molecule has 6 nitrogen and oxygen atoms in total. The number of nitrogens with one attached hydrogen (secondary N) is 3. The number of amides is 2. The van der Waals surface area contributed by atoms with Crippen molar-refractivity contribution in [2.45, 2.75) is 32.7 Å². The third-order valence-corrected chi connectivity index (χ3v) is 4.55. The molecule has 0 bridgehead atoms. The van der Waals surface area contributed by atoms with Crippen LogP contribution in [-0.2, 0) is 4.79 Å². The zero-order valence-corrected chi connectivity index (χ0v) is 14.5. The van der Waals surface area contributed by atoms with E-state index in [-0.39, 0.29) is 29.0 Å². The summed E-state index contributed by atoms with van der Waals surface area (Å²) in [5, 5.41) is 8.99. The maximum atomic E-state index is 12.5. The maximum absolute atomic E-state index is 12.5. The number of anilines is 2. The van der Waals surface area contributed by atoms with Gasteiger partial charge in [-0.05, 0) is 61.2 Å². The minimum absolute atomic E-state index is 0.0305. The molecule has 1 aromatic heterocycles. The van der Waals surface area contributed by atoms with E-state index >= 15 is 0 Å². The van der Waals surface area contributed by atoms with E-state index in [1.165, 1.54) is 6.26 Å². The van der Waals surface area contributed by atoms with Gasteiger partial charge < -0.3 is 20.4 Å². The fourth-order valence-electron chi connectivity index (χ4n) is 3.11. The second kappa shape index (κ2) is 7.11. The molecule has 0 radical (unpaired) electrons. The molecule has 2 aromatic rings. The normalized spacial score (nSPS) is 19.2. The average molecular weight is 341 g/mol. The largest absolute Gasteiger partial charge is 0.459 e. The van der Waals surface area contributed by atoms with Crippen molar-refractivity contribution in [3.8, 4) is 0 Å². The average Bonchev–Trinajstić information content (AvgIpc) is 3.11. The van der Waals surface area contributed by atoms with Crippen molar-refractivity contribution in [1.82, 2.24) is 5.32 Å². The Balaban J connectivity index is 1.60. The fourth-order valence-corrected chi connectivity index (χ4v) is 3.11. The molecule has 1 fully saturated rings. The molecule has 1 aromatic carbocycles. The van der Waals surface area contributed by atoms with E-state index in [2.05, 4.69) is 29.8 Å². The smallest absolute Gasteiger partial charge is 0.291 e. The first-order chi connectivity index (χ1) is 12.0. The molecule has 25 heavy (non-hydrogen) atoms. The van der Waals surface area contributed by atoms with E-state index in [4.69, 9.17) is 4.42 Å². The van der Waals surface area contributed by atoms with Gasteiger partial charge in [0.1, 0.15) is 0 Å². The van der Waals surface area contributed by atoms with Gasteiger partial charge in [0.05, 0.1) is 12.3 Å². The van der Waals surface area contributed by atoms with Gasteiger partial charge in [0, 0.05) is 11.4 Å². The molecule has 1 aliphatic heterocycles. The van der Waals surface area contributed by atoms with E-state index in [1.54, 1.807) is 36.4 Å². The molecule has 3 rings (SSSR count). The molecule has 1 saturated heterocycles. The standard InChI is InChI=1S/C19H23N3O3/c1-19(2)10-4-11-20-16(19)18(24)22-14-8-6-13(7-9-14)21-17(23)15-5-3-12-25-15/h3,5-9,12,16,20H,4,10-11H2,1-2H3,(H,21,23)(H,22,24). The molecule has 1 atom stereocenters. The molecule has 0 saturated carbocycles. The first-order valence-electron chi connectivity index (χ1n) is 8.45. The van der Waals surface area contributed by atoms with Crippen LogP contribution in [0.25, 0.3) is 0 Å². The van der Waals surface area contributed by atoms with Crippen molar-refractivity contribution in [2.75, 3.05) is 17.2 Å². The van der Waals surface area contributed by atoms with Gasteiger partial charge in [-0.25, -0.2) is 0 Å². The lowest BCUT2D eigenvalue weighted by Gasteiger charge is -2.38. The molecular formula is C19H23N3O3. The first-order valence-corrected chi connectivity index (χ1v) is 8.45. The van der Waals surface area contributed by atoms with Crippen LogP contribution in [-0.4, -0.2) is 24.4 Å². The third kappa shape index (κ3) is 4.09. The highest BCUT2D eigenvalue weighted by Crippen LogP contribution is 2.30. The summed E-state index contributed by atoms with van der Waals surface area (Å²) in [6.45, 7) is 5.08. The van der Waals surface area contributed by atoms with Gasteiger partial charge in [-0.2, -0.15) is 0 Å². The van der Waals surface area contributed by atoms with E-state index < -0.39 is 0 Å². The second-order valence-electron chi connectivity index (χ2n) is 6.98. The van der Waals surface area contributed by atoms with Crippen molar-refractivity contribution >= 4 is 23.2 Å². The van der Waals surface area contributed by atoms with Gasteiger partial charge in [0.15, 0.2) is 5.76 Å². The lowest BCUT2D eigenvalue weighted by atomic mass is 9.77. The third-order valence-electron chi connectivity index (χ3n) is 4.55. The minimum atomic E-state index is -0.310. The van der Waals surface area contributed by atoms with Gasteiger partial charge in [0.2, 0.25) is 5.91 Å². The first kappa shape index (κ1) is 17.2. The quantitative estimate of drug-likeness (QED) is 0.797. The van der Waals surface area contributed by atoms with Gasteiger partial charge in [0.25, 0.3) is 5.91 Å². The van der Waals surface area contributed by atoms with Crippen LogP contribution >= 0.6 is 0 Å². The highest BCUT2D eigenvalue weighted by molar-refractivity contribution is 6.02. The van der Waals surface area contributed by atoms with Crippen molar-refractivity contribution in [3.05, 3.63) is 48.4 Å². The number of hydrogen-bond acceptors (Lipinski definition) is 4. The van der Waals surface area contributed by atoms with Crippen LogP contribution in [0.5, 0.6) is 0 Å². The summed E-state index contributed by atoms with van der Waals surface area (Å²) in [6, 6.07) is 10.1. The molecule has 0 spiro atoms. The van der Waals surface area contributed by atoms with Crippen molar-refractivity contribution in [1.29, 1.82) is 0 Å². The molecule has 2 heterocycles. The Morgan fingerprint density at radius 1 is 1.12 bits per heavy atom. The number of benzene rings is 1. The van der Waals surface area contributed by atoms with Crippen LogP contribution in [0.2, 0.25) is 0 Å². The zero-order valence-electron chi connectivity index (χ0n) is 14.5. The van der Waals surface area contributed by atoms with Crippen molar-refractivity contribution in [2.24, 2.45) is 5.41 Å². The summed E-state index contributed by atoms with van der Waals surface area (Å²) in [4.78, 5) is 24.5. The zero-order chi connectivity index (χ0) is 17.9. The Hall–Kier alpha value is -2.60. The summed E-state index contributed by atoms with van der Waals surface area (Å²) in [6.07, 6.45) is 3.56. The highest BCUT2D eigenvalue weighted by Gasteiger charge is 2.37. The lowest BCUT2D eigenvalue weighted by molar-refractivity contribution is -0.121. The topological polar surface area (TPSA) is 83.4 Å². The predicted molar refractivity (Wildman–Crippen MR) is 96.5 cm³/mol. The number of rotatable bonds is 4. The summed E-state index contributed by atoms with van der Waals surface area (Å²) in [5.74, 6) is -0.0880. The number of hydrogen-bond donors (Lipinski definition) is 3. The van der Waals surface area contributed by atoms with E-state index in [1.807, 2.05) is 0 Å². The van der Waals surface area contributed by atoms with Crippen LogP contribution in [0, 0.1) is 5.41 Å². The summed E-state index contributed by atoms with van der Waals surface area (Å²) >= 11 is 0. The number of furan rings is 1. The van der Waals surface area contributed by atoms with Crippen LogP contribution in [0.4, 0.5) is 11.4 Å². The molecule has 1 aliphatic rings. The predicted octanol–water partition coefficient (Wildman–Crippen LogP) is 3.25. The Morgan fingerprint density at radius 2 is 1.80 bits per heavy atom.